The summed E-state index contributed by atoms with van der Waals surface area (Å²) in [6.07, 6.45) is 7.24. The first-order valence-electron chi connectivity index (χ1n) is 6.29. The van der Waals surface area contributed by atoms with Gasteiger partial charge in [0.05, 0.1) is 12.1 Å². The highest BCUT2D eigenvalue weighted by Crippen LogP contribution is 2.11. The van der Waals surface area contributed by atoms with Crippen LogP contribution in [0.4, 0.5) is 0 Å². The third-order valence-corrected chi connectivity index (χ3v) is 4.66. The molecule has 0 spiro atoms. The maximum Gasteiger partial charge on any atom is 0.211 e. The fourth-order valence-electron chi connectivity index (χ4n) is 2.18. The molecule has 1 atom stereocenters. The number of sulfonamides is 1. The minimum atomic E-state index is -3.16. The molecule has 18 heavy (non-hydrogen) atoms. The SMILES string of the molecule is O=S(=O)(CC1CCCNC1)NCCn1ccnc1. The van der Waals surface area contributed by atoms with Crippen LogP contribution in [0.3, 0.4) is 0 Å². The second-order valence-electron chi connectivity index (χ2n) is 4.69. The molecule has 0 aromatic carbocycles. The summed E-state index contributed by atoms with van der Waals surface area (Å²) in [6, 6.07) is 0. The van der Waals surface area contributed by atoms with Gasteiger partial charge >= 0.3 is 0 Å². The van der Waals surface area contributed by atoms with Gasteiger partial charge in [0.2, 0.25) is 10.0 Å². The van der Waals surface area contributed by atoms with E-state index in [2.05, 4.69) is 15.0 Å². The predicted octanol–water partition coefficient (Wildman–Crippen LogP) is -0.198. The Bertz CT molecular complexity index is 438. The number of hydrogen-bond acceptors (Lipinski definition) is 4. The molecular weight excluding hydrogens is 252 g/mol. The Morgan fingerprint density at radius 2 is 2.39 bits per heavy atom. The van der Waals surface area contributed by atoms with Crippen molar-refractivity contribution in [1.29, 1.82) is 0 Å². The first-order chi connectivity index (χ1) is 8.66. The van der Waals surface area contributed by atoms with Crippen molar-refractivity contribution in [1.82, 2.24) is 19.6 Å². The van der Waals surface area contributed by atoms with Gasteiger partial charge in [0.25, 0.3) is 0 Å². The van der Waals surface area contributed by atoms with Gasteiger partial charge in [-0.2, -0.15) is 0 Å². The molecule has 102 valence electrons. The van der Waals surface area contributed by atoms with E-state index in [-0.39, 0.29) is 11.7 Å². The number of rotatable bonds is 6. The van der Waals surface area contributed by atoms with Gasteiger partial charge < -0.3 is 9.88 Å². The first-order valence-corrected chi connectivity index (χ1v) is 7.95. The van der Waals surface area contributed by atoms with Crippen LogP contribution in [-0.2, 0) is 16.6 Å². The molecule has 0 radical (unpaired) electrons. The minimum Gasteiger partial charge on any atom is -0.336 e. The molecule has 0 aliphatic carbocycles. The van der Waals surface area contributed by atoms with Crippen LogP contribution in [0.25, 0.3) is 0 Å². The number of aromatic nitrogens is 2. The Balaban J connectivity index is 1.73. The van der Waals surface area contributed by atoms with E-state index in [0.29, 0.717) is 13.1 Å². The monoisotopic (exact) mass is 272 g/mol. The molecule has 1 fully saturated rings. The van der Waals surface area contributed by atoms with E-state index in [1.165, 1.54) is 0 Å². The molecule has 0 amide bonds. The third kappa shape index (κ3) is 4.40. The molecule has 1 aliphatic heterocycles. The van der Waals surface area contributed by atoms with Crippen molar-refractivity contribution in [2.75, 3.05) is 25.4 Å². The average molecular weight is 272 g/mol. The molecule has 1 aromatic rings. The molecule has 0 bridgehead atoms. The van der Waals surface area contributed by atoms with Crippen LogP contribution in [-0.4, -0.2) is 43.4 Å². The molecule has 7 heteroatoms. The Morgan fingerprint density at radius 1 is 1.50 bits per heavy atom. The van der Waals surface area contributed by atoms with Gasteiger partial charge in [-0.3, -0.25) is 0 Å². The van der Waals surface area contributed by atoms with E-state index in [9.17, 15) is 8.42 Å². The molecule has 1 saturated heterocycles. The van der Waals surface area contributed by atoms with Crippen LogP contribution in [0, 0.1) is 5.92 Å². The second kappa shape index (κ2) is 6.31. The standard InChI is InChI=1S/C11H20N4O2S/c16-18(17,9-11-2-1-3-12-8-11)14-5-7-15-6-4-13-10-15/h4,6,10-12,14H,1-3,5,7-9H2. The van der Waals surface area contributed by atoms with E-state index in [0.717, 1.165) is 25.9 Å². The van der Waals surface area contributed by atoms with Gasteiger partial charge in [-0.15, -0.1) is 0 Å². The Kier molecular flexibility index (Phi) is 4.73. The van der Waals surface area contributed by atoms with Gasteiger partial charge in [-0.25, -0.2) is 18.1 Å². The van der Waals surface area contributed by atoms with Crippen molar-refractivity contribution in [2.24, 2.45) is 5.92 Å². The van der Waals surface area contributed by atoms with Crippen LogP contribution in [0.15, 0.2) is 18.7 Å². The average Bonchev–Trinajstić information content (AvgIpc) is 2.82. The molecule has 2 heterocycles. The Labute approximate surface area is 108 Å². The van der Waals surface area contributed by atoms with Crippen molar-refractivity contribution in [2.45, 2.75) is 19.4 Å². The summed E-state index contributed by atoms with van der Waals surface area (Å²) in [7, 11) is -3.16. The molecule has 6 nitrogen and oxygen atoms in total. The van der Waals surface area contributed by atoms with Gasteiger partial charge in [0, 0.05) is 25.5 Å². The van der Waals surface area contributed by atoms with Crippen molar-refractivity contribution in [3.8, 4) is 0 Å². The summed E-state index contributed by atoms with van der Waals surface area (Å²) in [6.45, 7) is 2.84. The van der Waals surface area contributed by atoms with Gasteiger partial charge in [-0.05, 0) is 31.8 Å². The maximum atomic E-state index is 11.9. The smallest absolute Gasteiger partial charge is 0.211 e. The lowest BCUT2D eigenvalue weighted by molar-refractivity contribution is 0.402. The summed E-state index contributed by atoms with van der Waals surface area (Å²) in [5.41, 5.74) is 0. The van der Waals surface area contributed by atoms with Crippen molar-refractivity contribution in [3.63, 3.8) is 0 Å². The second-order valence-corrected chi connectivity index (χ2v) is 6.54. The lowest BCUT2D eigenvalue weighted by Gasteiger charge is -2.22. The van der Waals surface area contributed by atoms with E-state index >= 15 is 0 Å². The largest absolute Gasteiger partial charge is 0.336 e. The summed E-state index contributed by atoms with van der Waals surface area (Å²) in [4.78, 5) is 3.91. The Hall–Kier alpha value is -0.920. The number of piperidine rings is 1. The maximum absolute atomic E-state index is 11.9. The zero-order valence-electron chi connectivity index (χ0n) is 10.4. The third-order valence-electron chi connectivity index (χ3n) is 3.11. The number of hydrogen-bond donors (Lipinski definition) is 2. The molecule has 1 aliphatic rings. The summed E-state index contributed by atoms with van der Waals surface area (Å²) < 4.78 is 28.2. The molecule has 1 aromatic heterocycles. The fourth-order valence-corrected chi connectivity index (χ4v) is 3.61. The van der Waals surface area contributed by atoms with Crippen LogP contribution in [0.1, 0.15) is 12.8 Å². The van der Waals surface area contributed by atoms with Gasteiger partial charge in [0.15, 0.2) is 0 Å². The van der Waals surface area contributed by atoms with Gasteiger partial charge in [-0.1, -0.05) is 0 Å². The summed E-state index contributed by atoms with van der Waals surface area (Å²) in [5, 5.41) is 3.23. The zero-order chi connectivity index (χ0) is 12.8. The number of nitrogens with zero attached hydrogens (tertiary/aromatic N) is 2. The van der Waals surface area contributed by atoms with E-state index in [1.54, 1.807) is 12.5 Å². The highest BCUT2D eigenvalue weighted by atomic mass is 32.2. The lowest BCUT2D eigenvalue weighted by Crippen LogP contribution is -2.38. The zero-order valence-corrected chi connectivity index (χ0v) is 11.2. The van der Waals surface area contributed by atoms with Crippen LogP contribution in [0.5, 0.6) is 0 Å². The molecule has 1 unspecified atom stereocenters. The molecule has 0 saturated carbocycles. The lowest BCUT2D eigenvalue weighted by atomic mass is 10.0. The van der Waals surface area contributed by atoms with Gasteiger partial charge in [0.1, 0.15) is 0 Å². The molecule has 2 rings (SSSR count). The van der Waals surface area contributed by atoms with Crippen LogP contribution < -0.4 is 10.0 Å². The first kappa shape index (κ1) is 13.5. The van der Waals surface area contributed by atoms with E-state index in [4.69, 9.17) is 0 Å². The number of nitrogens with one attached hydrogen (secondary N) is 2. The summed E-state index contributed by atoms with van der Waals surface area (Å²) in [5.74, 6) is 0.466. The van der Waals surface area contributed by atoms with Crippen LogP contribution in [0.2, 0.25) is 0 Å². The van der Waals surface area contributed by atoms with E-state index < -0.39 is 10.0 Å². The highest BCUT2D eigenvalue weighted by molar-refractivity contribution is 7.89. The number of imidazole rings is 1. The predicted molar refractivity (Wildman–Crippen MR) is 69.6 cm³/mol. The molecule has 2 N–H and O–H groups in total. The molecular formula is C11H20N4O2S. The summed E-state index contributed by atoms with van der Waals surface area (Å²) >= 11 is 0. The minimum absolute atomic E-state index is 0.226. The normalized spacial score (nSPS) is 21.0. The quantitative estimate of drug-likeness (QED) is 0.752. The van der Waals surface area contributed by atoms with Crippen molar-refractivity contribution in [3.05, 3.63) is 18.7 Å². The topological polar surface area (TPSA) is 76.0 Å². The van der Waals surface area contributed by atoms with E-state index in [1.807, 2.05) is 10.8 Å². The fraction of sp³-hybridized carbons (Fsp3) is 0.727. The van der Waals surface area contributed by atoms with Crippen LogP contribution >= 0.6 is 0 Å². The van der Waals surface area contributed by atoms with Crippen molar-refractivity contribution < 1.29 is 8.42 Å². The van der Waals surface area contributed by atoms with Crippen molar-refractivity contribution >= 4 is 10.0 Å². The highest BCUT2D eigenvalue weighted by Gasteiger charge is 2.20. The Morgan fingerprint density at radius 3 is 3.06 bits per heavy atom.